The van der Waals surface area contributed by atoms with E-state index < -0.39 is 0 Å². The van der Waals surface area contributed by atoms with Gasteiger partial charge in [0.05, 0.1) is 0 Å². The summed E-state index contributed by atoms with van der Waals surface area (Å²) in [6.07, 6.45) is 2.16. The van der Waals surface area contributed by atoms with Crippen molar-refractivity contribution in [3.63, 3.8) is 0 Å². The van der Waals surface area contributed by atoms with Crippen molar-refractivity contribution in [2.24, 2.45) is 0 Å². The predicted molar refractivity (Wildman–Crippen MR) is 135 cm³/mol. The molecule has 1 aromatic heterocycles. The molecule has 3 aromatic rings. The molecule has 1 amide bonds. The third kappa shape index (κ3) is 7.32. The fourth-order valence-electron chi connectivity index (χ4n) is 3.92. The molecule has 1 aliphatic heterocycles. The Kier molecular flexibility index (Phi) is 8.96. The van der Waals surface area contributed by atoms with Crippen LogP contribution in [0.3, 0.4) is 0 Å². The van der Waals surface area contributed by atoms with Crippen LogP contribution in [0.25, 0.3) is 0 Å². The summed E-state index contributed by atoms with van der Waals surface area (Å²) in [4.78, 5) is 16.2. The lowest BCUT2D eigenvalue weighted by atomic mass is 10.1. The van der Waals surface area contributed by atoms with Crippen molar-refractivity contribution in [3.05, 3.63) is 82.0 Å². The van der Waals surface area contributed by atoms with E-state index in [2.05, 4.69) is 17.3 Å². The molecule has 1 aliphatic rings. The van der Waals surface area contributed by atoms with Gasteiger partial charge in [-0.3, -0.25) is 9.69 Å². The Labute approximate surface area is 205 Å². The molecule has 0 spiro atoms. The first-order valence-electron chi connectivity index (χ1n) is 11.7. The molecule has 2 aromatic carbocycles. The summed E-state index contributed by atoms with van der Waals surface area (Å²) in [5.74, 6) is 1.37. The van der Waals surface area contributed by atoms with Crippen molar-refractivity contribution < 1.29 is 19.0 Å². The van der Waals surface area contributed by atoms with Crippen LogP contribution in [0.1, 0.15) is 33.6 Å². The molecule has 0 atom stereocenters. The minimum Gasteiger partial charge on any atom is -0.492 e. The summed E-state index contributed by atoms with van der Waals surface area (Å²) in [5.41, 5.74) is 1.57. The Morgan fingerprint density at radius 1 is 1.06 bits per heavy atom. The van der Waals surface area contributed by atoms with E-state index in [4.69, 9.17) is 14.2 Å². The Hall–Kier alpha value is -2.87. The monoisotopic (exact) mass is 480 g/mol. The molecule has 7 heteroatoms. The van der Waals surface area contributed by atoms with Gasteiger partial charge in [-0.15, -0.1) is 11.3 Å². The Morgan fingerprint density at radius 3 is 2.65 bits per heavy atom. The standard InChI is InChI=1S/C27H32N2O4S/c1-29(23-10-13-31-14-11-23)12-15-32-24-7-2-5-21(17-24)19-28-27(30)22-6-3-8-25(18-22)33-20-26-9-4-16-34-26/h2-9,16-18,23H,10-15,19-20H2,1H3,(H,28,30). The summed E-state index contributed by atoms with van der Waals surface area (Å²) in [5, 5.41) is 5.01. The van der Waals surface area contributed by atoms with E-state index in [0.29, 0.717) is 37.1 Å². The molecule has 180 valence electrons. The molecule has 4 rings (SSSR count). The summed E-state index contributed by atoms with van der Waals surface area (Å²) >= 11 is 1.65. The van der Waals surface area contributed by atoms with Crippen LogP contribution in [0, 0.1) is 0 Å². The Balaban J connectivity index is 1.23. The van der Waals surface area contributed by atoms with Gasteiger partial charge >= 0.3 is 0 Å². The van der Waals surface area contributed by atoms with Crippen LogP contribution < -0.4 is 14.8 Å². The third-order valence-electron chi connectivity index (χ3n) is 5.94. The van der Waals surface area contributed by atoms with Crippen LogP contribution in [0.5, 0.6) is 11.5 Å². The fraction of sp³-hybridized carbons (Fsp3) is 0.370. The van der Waals surface area contributed by atoms with Gasteiger partial charge in [0, 0.05) is 42.8 Å². The maximum Gasteiger partial charge on any atom is 0.251 e. The van der Waals surface area contributed by atoms with Gasteiger partial charge in [-0.2, -0.15) is 0 Å². The smallest absolute Gasteiger partial charge is 0.251 e. The highest BCUT2D eigenvalue weighted by atomic mass is 32.1. The average Bonchev–Trinajstić information content (AvgIpc) is 3.41. The maximum absolute atomic E-state index is 12.7. The molecule has 0 bridgehead atoms. The van der Waals surface area contributed by atoms with Gasteiger partial charge in [-0.05, 0) is 67.2 Å². The van der Waals surface area contributed by atoms with Crippen molar-refractivity contribution in [2.45, 2.75) is 32.0 Å². The molecule has 0 aliphatic carbocycles. The van der Waals surface area contributed by atoms with Crippen LogP contribution in [-0.4, -0.2) is 50.3 Å². The molecule has 0 radical (unpaired) electrons. The lowest BCUT2D eigenvalue weighted by Crippen LogP contribution is -2.38. The number of benzene rings is 2. The second-order valence-corrected chi connectivity index (χ2v) is 9.43. The number of carbonyl (C=O) groups excluding carboxylic acids is 1. The maximum atomic E-state index is 12.7. The molecular formula is C27H32N2O4S. The zero-order valence-corrected chi connectivity index (χ0v) is 20.4. The summed E-state index contributed by atoms with van der Waals surface area (Å²) in [6.45, 7) is 4.11. The van der Waals surface area contributed by atoms with Gasteiger partial charge < -0.3 is 19.5 Å². The minimum absolute atomic E-state index is 0.133. The van der Waals surface area contributed by atoms with Crippen LogP contribution in [0.2, 0.25) is 0 Å². The molecule has 34 heavy (non-hydrogen) atoms. The SMILES string of the molecule is CN(CCOc1cccc(CNC(=O)c2cccc(OCc3cccs3)c2)c1)C1CCOCC1. The first-order valence-corrected chi connectivity index (χ1v) is 12.6. The van der Waals surface area contributed by atoms with Gasteiger partial charge in [0.25, 0.3) is 5.91 Å². The zero-order chi connectivity index (χ0) is 23.6. The first-order chi connectivity index (χ1) is 16.7. The van der Waals surface area contributed by atoms with Crippen LogP contribution in [0.4, 0.5) is 0 Å². The van der Waals surface area contributed by atoms with E-state index in [0.717, 1.165) is 48.8 Å². The lowest BCUT2D eigenvalue weighted by Gasteiger charge is -2.31. The molecule has 2 heterocycles. The van der Waals surface area contributed by atoms with E-state index in [1.165, 1.54) is 0 Å². The van der Waals surface area contributed by atoms with Gasteiger partial charge in [0.15, 0.2) is 0 Å². The van der Waals surface area contributed by atoms with Crippen LogP contribution in [0.15, 0.2) is 66.0 Å². The second kappa shape index (κ2) is 12.6. The van der Waals surface area contributed by atoms with E-state index in [1.807, 2.05) is 53.9 Å². The van der Waals surface area contributed by atoms with Crippen molar-refractivity contribution >= 4 is 17.2 Å². The number of amides is 1. The number of nitrogens with zero attached hydrogens (tertiary/aromatic N) is 1. The summed E-state index contributed by atoms with van der Waals surface area (Å²) in [7, 11) is 2.15. The van der Waals surface area contributed by atoms with Gasteiger partial charge in [-0.1, -0.05) is 24.3 Å². The second-order valence-electron chi connectivity index (χ2n) is 8.40. The van der Waals surface area contributed by atoms with Gasteiger partial charge in [-0.25, -0.2) is 0 Å². The number of nitrogens with one attached hydrogen (secondary N) is 1. The van der Waals surface area contributed by atoms with Crippen molar-refractivity contribution in [1.82, 2.24) is 10.2 Å². The normalized spacial score (nSPS) is 14.2. The quantitative estimate of drug-likeness (QED) is 0.429. The minimum atomic E-state index is -0.133. The molecule has 1 N–H and O–H groups in total. The number of likely N-dealkylation sites (N-methyl/N-ethyl adjacent to an activating group) is 1. The topological polar surface area (TPSA) is 60.0 Å². The van der Waals surface area contributed by atoms with Crippen LogP contribution in [-0.2, 0) is 17.9 Å². The summed E-state index contributed by atoms with van der Waals surface area (Å²) < 4.78 is 17.2. The Bertz CT molecular complexity index is 1030. The zero-order valence-electron chi connectivity index (χ0n) is 19.6. The van der Waals surface area contributed by atoms with Gasteiger partial charge in [0.1, 0.15) is 24.7 Å². The number of ether oxygens (including phenoxy) is 3. The van der Waals surface area contributed by atoms with Crippen molar-refractivity contribution in [3.8, 4) is 11.5 Å². The van der Waals surface area contributed by atoms with Crippen molar-refractivity contribution in [1.29, 1.82) is 0 Å². The molecule has 0 unspecified atom stereocenters. The number of thiophene rings is 1. The first kappa shape index (κ1) is 24.3. The number of hydrogen-bond acceptors (Lipinski definition) is 6. The number of rotatable bonds is 11. The highest BCUT2D eigenvalue weighted by molar-refractivity contribution is 7.09. The lowest BCUT2D eigenvalue weighted by molar-refractivity contribution is 0.0392. The fourth-order valence-corrected chi connectivity index (χ4v) is 4.54. The molecule has 6 nitrogen and oxygen atoms in total. The average molecular weight is 481 g/mol. The van der Waals surface area contributed by atoms with E-state index in [1.54, 1.807) is 23.5 Å². The summed E-state index contributed by atoms with van der Waals surface area (Å²) in [6, 6.07) is 19.7. The highest BCUT2D eigenvalue weighted by Gasteiger charge is 2.18. The molecule has 1 fully saturated rings. The predicted octanol–water partition coefficient (Wildman–Crippen LogP) is 4.75. The van der Waals surface area contributed by atoms with E-state index in [9.17, 15) is 4.79 Å². The molecule has 0 saturated carbocycles. The highest BCUT2D eigenvalue weighted by Crippen LogP contribution is 2.18. The molecule has 1 saturated heterocycles. The van der Waals surface area contributed by atoms with E-state index in [-0.39, 0.29) is 5.91 Å². The largest absolute Gasteiger partial charge is 0.492 e. The van der Waals surface area contributed by atoms with Crippen LogP contribution >= 0.6 is 11.3 Å². The molecular weight excluding hydrogens is 448 g/mol. The number of carbonyl (C=O) groups is 1. The third-order valence-corrected chi connectivity index (χ3v) is 6.79. The van der Waals surface area contributed by atoms with Crippen molar-refractivity contribution in [2.75, 3.05) is 33.4 Å². The van der Waals surface area contributed by atoms with E-state index >= 15 is 0 Å². The Morgan fingerprint density at radius 2 is 1.85 bits per heavy atom. The van der Waals surface area contributed by atoms with Gasteiger partial charge in [0.2, 0.25) is 0 Å². The number of hydrogen-bond donors (Lipinski definition) is 1.